The fourth-order valence-electron chi connectivity index (χ4n) is 1.89. The topological polar surface area (TPSA) is 50.4 Å². The van der Waals surface area contributed by atoms with Crippen LogP contribution >= 0.6 is 0 Å². The van der Waals surface area contributed by atoms with E-state index in [2.05, 4.69) is 10.6 Å². The maximum atomic E-state index is 13.0. The van der Waals surface area contributed by atoms with Crippen molar-refractivity contribution in [1.29, 1.82) is 0 Å². The number of hydrogen-bond donors (Lipinski definition) is 2. The summed E-state index contributed by atoms with van der Waals surface area (Å²) in [6.07, 6.45) is 0. The zero-order chi connectivity index (χ0) is 16.8. The van der Waals surface area contributed by atoms with E-state index in [-0.39, 0.29) is 12.2 Å². The molecule has 6 heteroatoms. The number of nitrogens with one attached hydrogen (secondary N) is 2. The highest BCUT2D eigenvalue weighted by Gasteiger charge is 2.05. The minimum Gasteiger partial charge on any atom is -0.492 e. The molecular formula is C17H18F2N2O2. The molecule has 0 spiro atoms. The Hall–Kier alpha value is -2.63. The minimum atomic E-state index is -1.01. The summed E-state index contributed by atoms with van der Waals surface area (Å²) in [6.45, 7) is 4.59. The lowest BCUT2D eigenvalue weighted by Crippen LogP contribution is -2.32. The number of carbonyl (C=O) groups is 1. The van der Waals surface area contributed by atoms with Gasteiger partial charge in [-0.15, -0.1) is 0 Å². The van der Waals surface area contributed by atoms with Gasteiger partial charge in [-0.3, -0.25) is 0 Å². The van der Waals surface area contributed by atoms with Gasteiger partial charge in [0, 0.05) is 11.8 Å². The Kier molecular flexibility index (Phi) is 5.51. The molecule has 0 aliphatic rings. The van der Waals surface area contributed by atoms with Crippen molar-refractivity contribution in [1.82, 2.24) is 5.32 Å². The van der Waals surface area contributed by atoms with Gasteiger partial charge in [-0.2, -0.15) is 0 Å². The molecule has 0 saturated carbocycles. The quantitative estimate of drug-likeness (QED) is 0.824. The van der Waals surface area contributed by atoms with E-state index in [1.165, 1.54) is 11.6 Å². The Morgan fingerprint density at radius 3 is 2.52 bits per heavy atom. The Bertz CT molecular complexity index is 705. The number of anilines is 1. The summed E-state index contributed by atoms with van der Waals surface area (Å²) in [5.74, 6) is -1.24. The molecule has 0 heterocycles. The minimum absolute atomic E-state index is 0.177. The van der Waals surface area contributed by atoms with Gasteiger partial charge < -0.3 is 15.4 Å². The molecular weight excluding hydrogens is 302 g/mol. The van der Waals surface area contributed by atoms with Crippen LogP contribution in [-0.4, -0.2) is 19.2 Å². The van der Waals surface area contributed by atoms with E-state index in [0.717, 1.165) is 23.4 Å². The number of rotatable bonds is 5. The Morgan fingerprint density at radius 1 is 1.04 bits per heavy atom. The molecule has 0 radical (unpaired) electrons. The average Bonchev–Trinajstić information content (AvgIpc) is 2.51. The van der Waals surface area contributed by atoms with E-state index >= 15 is 0 Å². The number of ether oxygens (including phenoxy) is 1. The van der Waals surface area contributed by atoms with Crippen molar-refractivity contribution in [3.63, 3.8) is 0 Å². The van der Waals surface area contributed by atoms with Crippen molar-refractivity contribution in [2.75, 3.05) is 18.5 Å². The third-order valence-electron chi connectivity index (χ3n) is 3.31. The Labute approximate surface area is 133 Å². The Balaban J connectivity index is 1.74. The SMILES string of the molecule is Cc1ccc(OCCNC(=O)Nc2ccc(F)c(F)c2)cc1C. The summed E-state index contributed by atoms with van der Waals surface area (Å²) >= 11 is 0. The zero-order valence-corrected chi connectivity index (χ0v) is 13.0. The largest absolute Gasteiger partial charge is 0.492 e. The van der Waals surface area contributed by atoms with Crippen LogP contribution in [-0.2, 0) is 0 Å². The lowest BCUT2D eigenvalue weighted by Gasteiger charge is -2.10. The molecule has 0 aliphatic carbocycles. The molecule has 0 saturated heterocycles. The van der Waals surface area contributed by atoms with Crippen LogP contribution in [0.25, 0.3) is 0 Å². The lowest BCUT2D eigenvalue weighted by molar-refractivity contribution is 0.247. The van der Waals surface area contributed by atoms with Gasteiger partial charge >= 0.3 is 6.03 Å². The number of halogens is 2. The highest BCUT2D eigenvalue weighted by Crippen LogP contribution is 2.16. The van der Waals surface area contributed by atoms with Gasteiger partial charge in [-0.25, -0.2) is 13.6 Å². The molecule has 0 bridgehead atoms. The van der Waals surface area contributed by atoms with Crippen LogP contribution in [0.15, 0.2) is 36.4 Å². The normalized spacial score (nSPS) is 10.3. The Morgan fingerprint density at radius 2 is 1.83 bits per heavy atom. The predicted octanol–water partition coefficient (Wildman–Crippen LogP) is 3.78. The molecule has 2 rings (SSSR count). The second-order valence-electron chi connectivity index (χ2n) is 5.10. The van der Waals surface area contributed by atoms with E-state index in [0.29, 0.717) is 6.61 Å². The van der Waals surface area contributed by atoms with Gasteiger partial charge in [0.05, 0.1) is 6.54 Å². The summed E-state index contributed by atoms with van der Waals surface area (Å²) in [4.78, 5) is 11.6. The molecule has 0 fully saturated rings. The van der Waals surface area contributed by atoms with Crippen LogP contribution in [0.5, 0.6) is 5.75 Å². The summed E-state index contributed by atoms with van der Waals surface area (Å²) in [5, 5.41) is 4.98. The predicted molar refractivity (Wildman–Crippen MR) is 84.8 cm³/mol. The first-order valence-corrected chi connectivity index (χ1v) is 7.15. The fraction of sp³-hybridized carbons (Fsp3) is 0.235. The van der Waals surface area contributed by atoms with Crippen LogP contribution in [0.2, 0.25) is 0 Å². The van der Waals surface area contributed by atoms with Gasteiger partial charge in [-0.1, -0.05) is 6.07 Å². The van der Waals surface area contributed by atoms with Crippen molar-refractivity contribution < 1.29 is 18.3 Å². The van der Waals surface area contributed by atoms with Gasteiger partial charge in [0.2, 0.25) is 0 Å². The van der Waals surface area contributed by atoms with Gasteiger partial charge in [0.25, 0.3) is 0 Å². The number of urea groups is 1. The third kappa shape index (κ3) is 4.95. The van der Waals surface area contributed by atoms with Crippen molar-refractivity contribution in [2.45, 2.75) is 13.8 Å². The molecule has 122 valence electrons. The second kappa shape index (κ2) is 7.58. The molecule has 2 aromatic rings. The van der Waals surface area contributed by atoms with Gasteiger partial charge in [-0.05, 0) is 49.2 Å². The van der Waals surface area contributed by atoms with E-state index < -0.39 is 17.7 Å². The van der Waals surface area contributed by atoms with Gasteiger partial charge in [0.15, 0.2) is 11.6 Å². The highest BCUT2D eigenvalue weighted by molar-refractivity contribution is 5.89. The number of aryl methyl sites for hydroxylation is 2. The van der Waals surface area contributed by atoms with Crippen LogP contribution in [0.1, 0.15) is 11.1 Å². The van der Waals surface area contributed by atoms with Gasteiger partial charge in [0.1, 0.15) is 12.4 Å². The molecule has 0 aliphatic heterocycles. The molecule has 0 aromatic heterocycles. The summed E-state index contributed by atoms with van der Waals surface area (Å²) < 4.78 is 31.3. The van der Waals surface area contributed by atoms with Crippen molar-refractivity contribution in [2.24, 2.45) is 0 Å². The maximum absolute atomic E-state index is 13.0. The first kappa shape index (κ1) is 16.7. The lowest BCUT2D eigenvalue weighted by atomic mass is 10.1. The molecule has 0 atom stereocenters. The maximum Gasteiger partial charge on any atom is 0.319 e. The van der Waals surface area contributed by atoms with Crippen LogP contribution in [0, 0.1) is 25.5 Å². The van der Waals surface area contributed by atoms with Crippen LogP contribution < -0.4 is 15.4 Å². The zero-order valence-electron chi connectivity index (χ0n) is 13.0. The van der Waals surface area contributed by atoms with Crippen molar-refractivity contribution >= 4 is 11.7 Å². The first-order valence-electron chi connectivity index (χ1n) is 7.15. The molecule has 2 aromatic carbocycles. The molecule has 2 N–H and O–H groups in total. The summed E-state index contributed by atoms with van der Waals surface area (Å²) in [6, 6.07) is 8.39. The molecule has 0 unspecified atom stereocenters. The number of benzene rings is 2. The van der Waals surface area contributed by atoms with Crippen LogP contribution in [0.3, 0.4) is 0 Å². The highest BCUT2D eigenvalue weighted by atomic mass is 19.2. The van der Waals surface area contributed by atoms with E-state index in [4.69, 9.17) is 4.74 Å². The van der Waals surface area contributed by atoms with Crippen LogP contribution in [0.4, 0.5) is 19.3 Å². The molecule has 4 nitrogen and oxygen atoms in total. The molecule has 2 amide bonds. The number of carbonyl (C=O) groups excluding carboxylic acids is 1. The first-order chi connectivity index (χ1) is 11.0. The third-order valence-corrected chi connectivity index (χ3v) is 3.31. The fourth-order valence-corrected chi connectivity index (χ4v) is 1.89. The second-order valence-corrected chi connectivity index (χ2v) is 5.10. The monoisotopic (exact) mass is 320 g/mol. The average molecular weight is 320 g/mol. The van der Waals surface area contributed by atoms with E-state index in [9.17, 15) is 13.6 Å². The smallest absolute Gasteiger partial charge is 0.319 e. The van der Waals surface area contributed by atoms with E-state index in [1.807, 2.05) is 32.0 Å². The summed E-state index contributed by atoms with van der Waals surface area (Å²) in [7, 11) is 0. The molecule has 23 heavy (non-hydrogen) atoms. The van der Waals surface area contributed by atoms with Crippen molar-refractivity contribution in [3.8, 4) is 5.75 Å². The summed E-state index contributed by atoms with van der Waals surface area (Å²) in [5.41, 5.74) is 2.49. The number of hydrogen-bond acceptors (Lipinski definition) is 2. The standard InChI is InChI=1S/C17H18F2N2O2/c1-11-3-5-14(9-12(11)2)23-8-7-20-17(22)21-13-4-6-15(18)16(19)10-13/h3-6,9-10H,7-8H2,1-2H3,(H2,20,21,22). The number of amides is 2. The van der Waals surface area contributed by atoms with Crippen molar-refractivity contribution in [3.05, 3.63) is 59.2 Å². The van der Waals surface area contributed by atoms with E-state index in [1.54, 1.807) is 0 Å².